The number of Topliss-reactive ketones (excluding diaryl/α,β-unsaturated/α-hetero) is 4. The van der Waals surface area contributed by atoms with E-state index in [1.54, 1.807) is 0 Å². The number of rotatable bonds is 17. The molecule has 0 bridgehead atoms. The molecule has 4 atom stereocenters. The van der Waals surface area contributed by atoms with Crippen LogP contribution >= 0.6 is 0 Å². The number of allylic oxidation sites excluding steroid dienone is 10. The Morgan fingerprint density at radius 3 is 1.45 bits per heavy atom. The van der Waals surface area contributed by atoms with Crippen LogP contribution in [0.4, 0.5) is 0 Å². The number of carbonyl (C=O) groups is 4. The summed E-state index contributed by atoms with van der Waals surface area (Å²) >= 11 is 0. The van der Waals surface area contributed by atoms with E-state index in [4.69, 9.17) is 0 Å². The first kappa shape index (κ1) is 46.2. The predicted octanol–water partition coefficient (Wildman–Crippen LogP) is 10.5. The van der Waals surface area contributed by atoms with E-state index in [1.165, 1.54) is 11.1 Å². The molecule has 56 heavy (non-hydrogen) atoms. The lowest BCUT2D eigenvalue weighted by atomic mass is 9.70. The summed E-state index contributed by atoms with van der Waals surface area (Å²) in [6.07, 6.45) is 14.2. The fraction of sp³-hybridized carbons (Fsp3) is 0.583. The molecule has 0 spiro atoms. The van der Waals surface area contributed by atoms with Crippen molar-refractivity contribution in [2.45, 2.75) is 139 Å². The molecule has 0 radical (unpaired) electrons. The van der Waals surface area contributed by atoms with E-state index in [0.717, 1.165) is 75.4 Å². The summed E-state index contributed by atoms with van der Waals surface area (Å²) in [6, 6.07) is 0. The largest absolute Gasteiger partial charge is 0.505 e. The van der Waals surface area contributed by atoms with Crippen molar-refractivity contribution in [2.75, 3.05) is 13.1 Å². The van der Waals surface area contributed by atoms with Crippen LogP contribution in [0.1, 0.15) is 139 Å². The highest BCUT2D eigenvalue weighted by Gasteiger charge is 2.42. The molecule has 8 heteroatoms. The summed E-state index contributed by atoms with van der Waals surface area (Å²) in [7, 11) is 0. The SMILES string of the molecule is C=C(C)C1CCC(C)=C[C@H]1C1=C(O)C(NCCC(C)C)=C(CCC)C(=O)C1=O.C=C(C)[C@@H]1CCC(C)=CC1C1=C(O)C(NCCCCC)=C(CCC)C(=O)C1=O. The van der Waals surface area contributed by atoms with Crippen LogP contribution in [0.3, 0.4) is 0 Å². The van der Waals surface area contributed by atoms with Gasteiger partial charge in [0.25, 0.3) is 0 Å². The second-order valence-electron chi connectivity index (χ2n) is 16.9. The zero-order chi connectivity index (χ0) is 41.9. The Kier molecular flexibility index (Phi) is 17.6. The Bertz CT molecular complexity index is 1740. The maximum absolute atomic E-state index is 13.0. The first-order valence-corrected chi connectivity index (χ1v) is 21.2. The maximum Gasteiger partial charge on any atom is 0.233 e. The summed E-state index contributed by atoms with van der Waals surface area (Å²) in [4.78, 5) is 51.9. The lowest BCUT2D eigenvalue weighted by Crippen LogP contribution is -2.36. The monoisotopic (exact) mass is 771 g/mol. The van der Waals surface area contributed by atoms with Crippen LogP contribution < -0.4 is 10.6 Å². The Hall–Kier alpha value is -4.20. The van der Waals surface area contributed by atoms with Gasteiger partial charge in [-0.05, 0) is 96.8 Å². The lowest BCUT2D eigenvalue weighted by Gasteiger charge is -2.34. The predicted molar refractivity (Wildman–Crippen MR) is 228 cm³/mol. The summed E-state index contributed by atoms with van der Waals surface area (Å²) in [5.41, 5.74) is 6.58. The number of aliphatic hydroxyl groups excluding tert-OH is 2. The van der Waals surface area contributed by atoms with Gasteiger partial charge in [-0.15, -0.1) is 0 Å². The van der Waals surface area contributed by atoms with E-state index in [1.807, 2.05) is 53.7 Å². The number of unbranched alkanes of at least 4 members (excludes halogenated alkanes) is 2. The third-order valence-corrected chi connectivity index (χ3v) is 11.6. The number of hydrogen-bond acceptors (Lipinski definition) is 8. The quantitative estimate of drug-likeness (QED) is 0.0497. The van der Waals surface area contributed by atoms with Crippen LogP contribution in [0, 0.1) is 29.6 Å². The third kappa shape index (κ3) is 11.0. The molecule has 4 aliphatic rings. The highest BCUT2D eigenvalue weighted by Crippen LogP contribution is 2.43. The number of hydrogen-bond donors (Lipinski definition) is 4. The number of nitrogens with one attached hydrogen (secondary N) is 2. The highest BCUT2D eigenvalue weighted by atomic mass is 16.3. The molecule has 4 N–H and O–H groups in total. The van der Waals surface area contributed by atoms with Crippen molar-refractivity contribution in [2.24, 2.45) is 29.6 Å². The van der Waals surface area contributed by atoms with E-state index in [-0.39, 0.29) is 46.3 Å². The van der Waals surface area contributed by atoms with Gasteiger partial charge in [-0.25, -0.2) is 0 Å². The first-order valence-electron chi connectivity index (χ1n) is 21.2. The first-order chi connectivity index (χ1) is 26.5. The van der Waals surface area contributed by atoms with Crippen molar-refractivity contribution in [3.63, 3.8) is 0 Å². The number of aliphatic hydroxyl groups is 2. The molecule has 0 amide bonds. The van der Waals surface area contributed by atoms with Crippen LogP contribution in [0.2, 0.25) is 0 Å². The molecule has 8 nitrogen and oxygen atoms in total. The van der Waals surface area contributed by atoms with Crippen LogP contribution in [-0.2, 0) is 19.2 Å². The minimum Gasteiger partial charge on any atom is -0.505 e. The maximum atomic E-state index is 13.0. The molecule has 0 fully saturated rings. The van der Waals surface area contributed by atoms with Gasteiger partial charge >= 0.3 is 0 Å². The average Bonchev–Trinajstić information content (AvgIpc) is 3.13. The molecule has 0 aromatic carbocycles. The van der Waals surface area contributed by atoms with Crippen LogP contribution in [0.15, 0.2) is 92.8 Å². The van der Waals surface area contributed by atoms with E-state index in [9.17, 15) is 29.4 Å². The molecule has 2 unspecified atom stereocenters. The standard InChI is InChI=1S/2C24H35NO3/c1-7-8-18-21(25-12-11-14(2)3)23(27)20(24(28)22(18)26)19-13-16(6)9-10-17(19)15(4)5;1-6-8-9-13-25-21-18(10-7-2)22(26)24(28)20(23(21)27)19-14-16(5)11-12-17(19)15(3)4/h13-14,17,19,25,27H,4,7-12H2,1-3,5-6H3;14,17,19,25,27H,3,6-13H2,1-2,4-5H3/t17?,19-;17-,19?/m10/s1. The van der Waals surface area contributed by atoms with E-state index < -0.39 is 23.1 Å². The molecule has 0 heterocycles. The van der Waals surface area contributed by atoms with Crippen molar-refractivity contribution in [1.29, 1.82) is 0 Å². The minimum absolute atomic E-state index is 0.0354. The second-order valence-corrected chi connectivity index (χ2v) is 16.9. The number of ketones is 4. The van der Waals surface area contributed by atoms with Gasteiger partial charge in [0.2, 0.25) is 23.1 Å². The zero-order valence-electron chi connectivity index (χ0n) is 35.9. The average molecular weight is 771 g/mol. The molecule has 0 aliphatic heterocycles. The van der Waals surface area contributed by atoms with Gasteiger partial charge in [-0.3, -0.25) is 19.2 Å². The Morgan fingerprint density at radius 1 is 0.679 bits per heavy atom. The van der Waals surface area contributed by atoms with Gasteiger partial charge in [0.15, 0.2) is 0 Å². The van der Waals surface area contributed by atoms with E-state index >= 15 is 0 Å². The Morgan fingerprint density at radius 2 is 1.09 bits per heavy atom. The Labute approximate surface area is 337 Å². The van der Waals surface area contributed by atoms with Gasteiger partial charge < -0.3 is 20.8 Å². The molecule has 0 aromatic heterocycles. The van der Waals surface area contributed by atoms with Crippen molar-refractivity contribution in [3.8, 4) is 0 Å². The second kappa shape index (κ2) is 21.4. The fourth-order valence-corrected chi connectivity index (χ4v) is 8.38. The summed E-state index contributed by atoms with van der Waals surface area (Å²) in [5.74, 6) is -2.10. The molecule has 4 aliphatic carbocycles. The van der Waals surface area contributed by atoms with Gasteiger partial charge in [-0.1, -0.05) is 108 Å². The normalized spacial score (nSPS) is 23.3. The smallest absolute Gasteiger partial charge is 0.233 e. The summed E-state index contributed by atoms with van der Waals surface area (Å²) in [6.45, 7) is 27.9. The molecule has 0 saturated heterocycles. The summed E-state index contributed by atoms with van der Waals surface area (Å²) < 4.78 is 0. The van der Waals surface area contributed by atoms with Gasteiger partial charge in [0.1, 0.15) is 11.5 Å². The topological polar surface area (TPSA) is 133 Å². The molecule has 4 rings (SSSR count). The summed E-state index contributed by atoms with van der Waals surface area (Å²) in [5, 5.41) is 28.8. The zero-order valence-corrected chi connectivity index (χ0v) is 35.9. The van der Waals surface area contributed by atoms with Gasteiger partial charge in [0, 0.05) is 36.1 Å². The van der Waals surface area contributed by atoms with Crippen molar-refractivity contribution >= 4 is 23.1 Å². The van der Waals surface area contributed by atoms with Gasteiger partial charge in [-0.2, -0.15) is 0 Å². The molecule has 0 aromatic rings. The van der Waals surface area contributed by atoms with Gasteiger partial charge in [0.05, 0.1) is 22.5 Å². The Balaban J connectivity index is 0.000000300. The van der Waals surface area contributed by atoms with Crippen LogP contribution in [0.5, 0.6) is 0 Å². The number of carbonyl (C=O) groups excluding carboxylic acids is 4. The van der Waals surface area contributed by atoms with Crippen LogP contribution in [0.25, 0.3) is 0 Å². The van der Waals surface area contributed by atoms with Crippen molar-refractivity contribution in [3.05, 3.63) is 92.8 Å². The fourth-order valence-electron chi connectivity index (χ4n) is 8.38. The van der Waals surface area contributed by atoms with E-state index in [2.05, 4.69) is 44.6 Å². The highest BCUT2D eigenvalue weighted by molar-refractivity contribution is 6.51. The molecular weight excluding hydrogens is 701 g/mol. The molecule has 0 saturated carbocycles. The van der Waals surface area contributed by atoms with E-state index in [0.29, 0.717) is 54.4 Å². The van der Waals surface area contributed by atoms with Crippen LogP contribution in [-0.4, -0.2) is 46.4 Å². The minimum atomic E-state index is -0.558. The molecule has 308 valence electrons. The lowest BCUT2D eigenvalue weighted by molar-refractivity contribution is -0.133. The molecular formula is C48H70N2O6. The van der Waals surface area contributed by atoms with Crippen molar-refractivity contribution in [1.82, 2.24) is 10.6 Å². The third-order valence-electron chi connectivity index (χ3n) is 11.6. The van der Waals surface area contributed by atoms with Crippen molar-refractivity contribution < 1.29 is 29.4 Å².